The Morgan fingerprint density at radius 3 is 2.59 bits per heavy atom. The Labute approximate surface area is 111 Å². The first-order valence-corrected chi connectivity index (χ1v) is 7.36. The molecule has 0 bridgehead atoms. The lowest BCUT2D eigenvalue weighted by Gasteiger charge is -2.19. The van der Waals surface area contributed by atoms with Gasteiger partial charge in [0.2, 0.25) is 0 Å². The largest absolute Gasteiger partial charge is 0.382 e. The van der Waals surface area contributed by atoms with Crippen molar-refractivity contribution in [3.63, 3.8) is 0 Å². The van der Waals surface area contributed by atoms with Gasteiger partial charge in [0.15, 0.2) is 5.11 Å². The smallest absolute Gasteiger partial charge is 0.166 e. The van der Waals surface area contributed by atoms with Crippen LogP contribution in [0.4, 0.5) is 0 Å². The highest BCUT2D eigenvalue weighted by molar-refractivity contribution is 7.80. The quantitative estimate of drug-likeness (QED) is 0.436. The molecule has 0 aromatic carbocycles. The van der Waals surface area contributed by atoms with Crippen molar-refractivity contribution in [1.82, 2.24) is 10.6 Å². The van der Waals surface area contributed by atoms with Crippen molar-refractivity contribution < 1.29 is 4.74 Å². The Hall–Kier alpha value is -0.350. The minimum atomic E-state index is 0.587. The zero-order valence-corrected chi connectivity index (χ0v) is 11.8. The number of hydrogen-bond acceptors (Lipinski definition) is 2. The van der Waals surface area contributed by atoms with Crippen molar-refractivity contribution in [1.29, 1.82) is 0 Å². The minimum absolute atomic E-state index is 0.587. The number of rotatable bonds is 6. The van der Waals surface area contributed by atoms with Crippen LogP contribution in [-0.4, -0.2) is 30.9 Å². The molecule has 0 heterocycles. The van der Waals surface area contributed by atoms with Gasteiger partial charge in [0.05, 0.1) is 0 Å². The summed E-state index contributed by atoms with van der Waals surface area (Å²) in [6, 6.07) is 0.587. The van der Waals surface area contributed by atoms with Crippen LogP contribution in [-0.2, 0) is 4.74 Å². The molecule has 2 N–H and O–H groups in total. The average Bonchev–Trinajstić information content (AvgIpc) is 2.57. The molecule has 1 saturated carbocycles. The van der Waals surface area contributed by atoms with Crippen LogP contribution in [0.1, 0.15) is 51.9 Å². The molecule has 0 saturated heterocycles. The van der Waals surface area contributed by atoms with Gasteiger partial charge in [-0.1, -0.05) is 25.7 Å². The van der Waals surface area contributed by atoms with E-state index in [1.54, 1.807) is 0 Å². The number of hydrogen-bond donors (Lipinski definition) is 2. The van der Waals surface area contributed by atoms with Crippen molar-refractivity contribution in [2.24, 2.45) is 0 Å². The molecule has 4 heteroatoms. The van der Waals surface area contributed by atoms with Crippen molar-refractivity contribution in [2.75, 3.05) is 19.8 Å². The summed E-state index contributed by atoms with van der Waals surface area (Å²) >= 11 is 5.29. The molecule has 0 spiro atoms. The second kappa shape index (κ2) is 9.66. The van der Waals surface area contributed by atoms with Gasteiger partial charge in [0.1, 0.15) is 0 Å². The molecule has 1 aliphatic carbocycles. The van der Waals surface area contributed by atoms with E-state index in [4.69, 9.17) is 17.0 Å². The molecule has 0 unspecified atom stereocenters. The first-order chi connectivity index (χ1) is 8.33. The third-order valence-electron chi connectivity index (χ3n) is 3.15. The lowest BCUT2D eigenvalue weighted by atomic mass is 10.1. The highest BCUT2D eigenvalue weighted by atomic mass is 32.1. The molecule has 1 rings (SSSR count). The van der Waals surface area contributed by atoms with Crippen LogP contribution in [0, 0.1) is 0 Å². The second-order valence-corrected chi connectivity index (χ2v) is 5.05. The molecule has 1 aliphatic rings. The number of nitrogens with one attached hydrogen (secondary N) is 2. The van der Waals surface area contributed by atoms with E-state index in [0.717, 1.165) is 31.3 Å². The second-order valence-electron chi connectivity index (χ2n) is 4.64. The van der Waals surface area contributed by atoms with Gasteiger partial charge >= 0.3 is 0 Å². The maximum atomic E-state index is 5.29. The Morgan fingerprint density at radius 2 is 1.94 bits per heavy atom. The van der Waals surface area contributed by atoms with Crippen LogP contribution >= 0.6 is 12.2 Å². The fourth-order valence-electron chi connectivity index (χ4n) is 2.18. The average molecular weight is 258 g/mol. The molecule has 1 fully saturated rings. The zero-order chi connectivity index (χ0) is 12.3. The topological polar surface area (TPSA) is 33.3 Å². The van der Waals surface area contributed by atoms with Gasteiger partial charge in [0, 0.05) is 25.8 Å². The van der Waals surface area contributed by atoms with E-state index in [0.29, 0.717) is 6.04 Å². The van der Waals surface area contributed by atoms with Gasteiger partial charge in [-0.2, -0.15) is 0 Å². The van der Waals surface area contributed by atoms with Crippen LogP contribution in [0.15, 0.2) is 0 Å². The molecule has 0 radical (unpaired) electrons. The highest BCUT2D eigenvalue weighted by Gasteiger charge is 2.12. The number of thiocarbonyl (C=S) groups is 1. The van der Waals surface area contributed by atoms with Crippen LogP contribution < -0.4 is 10.6 Å². The van der Waals surface area contributed by atoms with Gasteiger partial charge < -0.3 is 15.4 Å². The fraction of sp³-hybridized carbons (Fsp3) is 0.923. The lowest BCUT2D eigenvalue weighted by molar-refractivity contribution is 0.145. The molecule has 100 valence electrons. The molecule has 0 amide bonds. The van der Waals surface area contributed by atoms with E-state index < -0.39 is 0 Å². The third-order valence-corrected chi connectivity index (χ3v) is 3.41. The van der Waals surface area contributed by atoms with E-state index in [9.17, 15) is 0 Å². The summed E-state index contributed by atoms with van der Waals surface area (Å²) in [7, 11) is 0. The monoisotopic (exact) mass is 258 g/mol. The maximum Gasteiger partial charge on any atom is 0.166 e. The van der Waals surface area contributed by atoms with Crippen molar-refractivity contribution in [3.8, 4) is 0 Å². The Morgan fingerprint density at radius 1 is 1.24 bits per heavy atom. The van der Waals surface area contributed by atoms with Crippen molar-refractivity contribution in [3.05, 3.63) is 0 Å². The van der Waals surface area contributed by atoms with Gasteiger partial charge in [-0.3, -0.25) is 0 Å². The highest BCUT2D eigenvalue weighted by Crippen LogP contribution is 2.16. The lowest BCUT2D eigenvalue weighted by Crippen LogP contribution is -2.42. The molecule has 17 heavy (non-hydrogen) atoms. The summed E-state index contributed by atoms with van der Waals surface area (Å²) in [5, 5.41) is 7.49. The fourth-order valence-corrected chi connectivity index (χ4v) is 2.45. The zero-order valence-electron chi connectivity index (χ0n) is 11.0. The Bertz CT molecular complexity index is 204. The summed E-state index contributed by atoms with van der Waals surface area (Å²) < 4.78 is 5.28. The summed E-state index contributed by atoms with van der Waals surface area (Å²) in [4.78, 5) is 0. The predicted molar refractivity (Wildman–Crippen MR) is 76.3 cm³/mol. The standard InChI is InChI=1S/C13H26N2OS/c1-2-16-11-7-10-14-13(17)15-12-8-5-3-4-6-9-12/h12H,2-11H2,1H3,(H2,14,15,17). The van der Waals surface area contributed by atoms with Gasteiger partial charge in [-0.25, -0.2) is 0 Å². The summed E-state index contributed by atoms with van der Waals surface area (Å²) in [6.07, 6.45) is 8.98. The molecular formula is C13H26N2OS. The Kier molecular flexibility index (Phi) is 8.36. The summed E-state index contributed by atoms with van der Waals surface area (Å²) in [6.45, 7) is 4.53. The molecule has 0 aliphatic heterocycles. The summed E-state index contributed by atoms with van der Waals surface area (Å²) in [5.74, 6) is 0. The van der Waals surface area contributed by atoms with E-state index in [1.165, 1.54) is 38.5 Å². The third kappa shape index (κ3) is 7.55. The Balaban J connectivity index is 2.03. The molecule has 3 nitrogen and oxygen atoms in total. The first-order valence-electron chi connectivity index (χ1n) is 6.95. The van der Waals surface area contributed by atoms with Crippen LogP contribution in [0.3, 0.4) is 0 Å². The SMILES string of the molecule is CCOCCCNC(=S)NC1CCCCCC1. The molecular weight excluding hydrogens is 232 g/mol. The first kappa shape index (κ1) is 14.7. The molecule has 0 aromatic rings. The van der Waals surface area contributed by atoms with E-state index in [-0.39, 0.29) is 0 Å². The normalized spacial score (nSPS) is 17.5. The van der Waals surface area contributed by atoms with Gasteiger partial charge in [-0.05, 0) is 38.4 Å². The van der Waals surface area contributed by atoms with Gasteiger partial charge in [0.25, 0.3) is 0 Å². The van der Waals surface area contributed by atoms with E-state index in [2.05, 4.69) is 10.6 Å². The van der Waals surface area contributed by atoms with Crippen molar-refractivity contribution in [2.45, 2.75) is 57.9 Å². The minimum Gasteiger partial charge on any atom is -0.382 e. The predicted octanol–water partition coefficient (Wildman–Crippen LogP) is 2.60. The van der Waals surface area contributed by atoms with Gasteiger partial charge in [-0.15, -0.1) is 0 Å². The number of ether oxygens (including phenoxy) is 1. The molecule has 0 aromatic heterocycles. The summed E-state index contributed by atoms with van der Waals surface area (Å²) in [5.41, 5.74) is 0. The van der Waals surface area contributed by atoms with Crippen LogP contribution in [0.5, 0.6) is 0 Å². The maximum absolute atomic E-state index is 5.29. The van der Waals surface area contributed by atoms with Crippen molar-refractivity contribution >= 4 is 17.3 Å². The van der Waals surface area contributed by atoms with Crippen LogP contribution in [0.2, 0.25) is 0 Å². The van der Waals surface area contributed by atoms with Crippen LogP contribution in [0.25, 0.3) is 0 Å². The van der Waals surface area contributed by atoms with E-state index in [1.807, 2.05) is 6.92 Å². The van der Waals surface area contributed by atoms with E-state index >= 15 is 0 Å². The molecule has 0 atom stereocenters.